The third-order valence-corrected chi connectivity index (χ3v) is 4.96. The Morgan fingerprint density at radius 2 is 0.880 bits per heavy atom. The normalized spacial score (nSPS) is 14.9. The van der Waals surface area contributed by atoms with Gasteiger partial charge < -0.3 is 5.11 Å². The fourth-order valence-electron chi connectivity index (χ4n) is 3.80. The van der Waals surface area contributed by atoms with Crippen LogP contribution < -0.4 is 0 Å². The number of aliphatic hydroxyl groups is 1. The van der Waals surface area contributed by atoms with Crippen LogP contribution in [0, 0.1) is 5.92 Å². The molecule has 0 aliphatic carbocycles. The van der Waals surface area contributed by atoms with Crippen molar-refractivity contribution in [2.24, 2.45) is 5.92 Å². The summed E-state index contributed by atoms with van der Waals surface area (Å²) in [5, 5.41) is 11.3. The van der Waals surface area contributed by atoms with Gasteiger partial charge >= 0.3 is 0 Å². The average Bonchev–Trinajstić information content (AvgIpc) is 2.67. The van der Waals surface area contributed by atoms with Crippen LogP contribution in [-0.2, 0) is 0 Å². The molecule has 1 nitrogen and oxygen atoms in total. The largest absolute Gasteiger partial charge is 0.388 e. The molecule has 1 N–H and O–H groups in total. The van der Waals surface area contributed by atoms with E-state index in [4.69, 9.17) is 0 Å². The molecule has 0 unspecified atom stereocenters. The maximum Gasteiger partial charge on any atom is 0.0864 e. The van der Waals surface area contributed by atoms with Crippen LogP contribution in [0.4, 0.5) is 0 Å². The number of benzene rings is 3. The van der Waals surface area contributed by atoms with Crippen molar-refractivity contribution in [2.45, 2.75) is 31.8 Å². The smallest absolute Gasteiger partial charge is 0.0864 e. The van der Waals surface area contributed by atoms with E-state index >= 15 is 0 Å². The van der Waals surface area contributed by atoms with Crippen LogP contribution in [0.15, 0.2) is 91.0 Å². The van der Waals surface area contributed by atoms with Crippen LogP contribution in [0.25, 0.3) is 0 Å². The first-order chi connectivity index (χ1) is 12.2. The molecule has 3 atom stereocenters. The lowest BCUT2D eigenvalue weighted by Gasteiger charge is -2.35. The van der Waals surface area contributed by atoms with Crippen LogP contribution >= 0.6 is 0 Å². The fourth-order valence-corrected chi connectivity index (χ4v) is 3.80. The van der Waals surface area contributed by atoms with Crippen molar-refractivity contribution in [3.8, 4) is 0 Å². The molecule has 0 radical (unpaired) electrons. The number of hydrogen-bond donors (Lipinski definition) is 1. The molecule has 0 spiro atoms. The number of hydrogen-bond acceptors (Lipinski definition) is 1. The molecule has 3 rings (SSSR count). The first-order valence-corrected chi connectivity index (χ1v) is 9.01. The van der Waals surface area contributed by atoms with Gasteiger partial charge in [0.25, 0.3) is 0 Å². The van der Waals surface area contributed by atoms with Crippen molar-refractivity contribution in [3.05, 3.63) is 108 Å². The molecule has 0 fully saturated rings. The minimum absolute atomic E-state index is 0.00556. The van der Waals surface area contributed by atoms with Gasteiger partial charge in [-0.1, -0.05) is 105 Å². The summed E-state index contributed by atoms with van der Waals surface area (Å²) in [6, 6.07) is 31.0. The molecule has 0 amide bonds. The molecule has 1 heteroatoms. The summed E-state index contributed by atoms with van der Waals surface area (Å²) in [4.78, 5) is 0. The molecular formula is C24H26O. The molecule has 0 saturated heterocycles. The predicted octanol–water partition coefficient (Wildman–Crippen LogP) is 5.94. The van der Waals surface area contributed by atoms with Gasteiger partial charge in [0, 0.05) is 5.92 Å². The topological polar surface area (TPSA) is 20.2 Å². The lowest BCUT2D eigenvalue weighted by Crippen LogP contribution is -2.23. The first kappa shape index (κ1) is 17.4. The molecule has 3 aromatic carbocycles. The lowest BCUT2D eigenvalue weighted by molar-refractivity contribution is 0.121. The van der Waals surface area contributed by atoms with Gasteiger partial charge in [-0.05, 0) is 28.5 Å². The molecule has 0 aromatic heterocycles. The van der Waals surface area contributed by atoms with E-state index in [2.05, 4.69) is 62.4 Å². The lowest BCUT2D eigenvalue weighted by atomic mass is 9.71. The van der Waals surface area contributed by atoms with E-state index in [1.54, 1.807) is 0 Å². The highest BCUT2D eigenvalue weighted by molar-refractivity contribution is 5.33. The maximum absolute atomic E-state index is 11.3. The Labute approximate surface area is 151 Å². The first-order valence-electron chi connectivity index (χ1n) is 9.01. The SMILES string of the molecule is CC(C)[C@H](c1ccccc1)[C@H](c1ccccc1)[C@H](O)c1ccccc1. The Morgan fingerprint density at radius 3 is 1.28 bits per heavy atom. The summed E-state index contributed by atoms with van der Waals surface area (Å²) in [5.41, 5.74) is 3.43. The van der Waals surface area contributed by atoms with E-state index in [0.717, 1.165) is 5.56 Å². The van der Waals surface area contributed by atoms with Crippen LogP contribution in [-0.4, -0.2) is 5.11 Å². The fraction of sp³-hybridized carbons (Fsp3) is 0.250. The maximum atomic E-state index is 11.3. The summed E-state index contributed by atoms with van der Waals surface area (Å²) in [7, 11) is 0. The van der Waals surface area contributed by atoms with Crippen molar-refractivity contribution >= 4 is 0 Å². The van der Waals surface area contributed by atoms with Gasteiger partial charge in [0.05, 0.1) is 6.10 Å². The zero-order valence-electron chi connectivity index (χ0n) is 14.9. The van der Waals surface area contributed by atoms with E-state index in [9.17, 15) is 5.11 Å². The third-order valence-electron chi connectivity index (χ3n) is 4.96. The van der Waals surface area contributed by atoms with Gasteiger partial charge in [0.1, 0.15) is 0 Å². The van der Waals surface area contributed by atoms with Crippen molar-refractivity contribution in [3.63, 3.8) is 0 Å². The minimum Gasteiger partial charge on any atom is -0.388 e. The molecular weight excluding hydrogens is 304 g/mol. The Kier molecular flexibility index (Phi) is 5.67. The Hall–Kier alpha value is -2.38. The Balaban J connectivity index is 2.09. The molecule has 25 heavy (non-hydrogen) atoms. The quantitative estimate of drug-likeness (QED) is 0.592. The van der Waals surface area contributed by atoms with Crippen LogP contribution in [0.5, 0.6) is 0 Å². The highest BCUT2D eigenvalue weighted by Gasteiger charge is 2.33. The second kappa shape index (κ2) is 8.13. The second-order valence-corrected chi connectivity index (χ2v) is 6.97. The molecule has 3 aromatic rings. The molecule has 0 heterocycles. The van der Waals surface area contributed by atoms with E-state index in [1.807, 2.05) is 42.5 Å². The van der Waals surface area contributed by atoms with E-state index in [-0.39, 0.29) is 11.8 Å². The molecule has 0 aliphatic heterocycles. The number of aliphatic hydroxyl groups excluding tert-OH is 1. The zero-order valence-corrected chi connectivity index (χ0v) is 14.9. The van der Waals surface area contributed by atoms with E-state index in [1.165, 1.54) is 11.1 Å². The highest BCUT2D eigenvalue weighted by atomic mass is 16.3. The predicted molar refractivity (Wildman–Crippen MR) is 105 cm³/mol. The van der Waals surface area contributed by atoms with Gasteiger partial charge in [-0.15, -0.1) is 0 Å². The molecule has 128 valence electrons. The summed E-state index contributed by atoms with van der Waals surface area (Å²) < 4.78 is 0. The standard InChI is InChI=1S/C24H26O/c1-18(2)22(19-12-6-3-7-13-19)23(20-14-8-4-9-15-20)24(25)21-16-10-5-11-17-21/h3-18,22-25H,1-2H3/t22-,23+,24-/m1/s1. The summed E-state index contributed by atoms with van der Waals surface area (Å²) in [6.45, 7) is 4.48. The Bertz CT molecular complexity index is 750. The van der Waals surface area contributed by atoms with Gasteiger partial charge in [-0.2, -0.15) is 0 Å². The van der Waals surface area contributed by atoms with Crippen LogP contribution in [0.3, 0.4) is 0 Å². The summed E-state index contributed by atoms with van der Waals surface area (Å²) >= 11 is 0. The minimum atomic E-state index is -0.545. The van der Waals surface area contributed by atoms with E-state index < -0.39 is 6.10 Å². The van der Waals surface area contributed by atoms with Crippen molar-refractivity contribution in [2.75, 3.05) is 0 Å². The third kappa shape index (κ3) is 4.00. The number of rotatable bonds is 6. The van der Waals surface area contributed by atoms with Gasteiger partial charge in [-0.25, -0.2) is 0 Å². The average molecular weight is 330 g/mol. The van der Waals surface area contributed by atoms with Crippen molar-refractivity contribution < 1.29 is 5.11 Å². The van der Waals surface area contributed by atoms with Gasteiger partial charge in [0.15, 0.2) is 0 Å². The van der Waals surface area contributed by atoms with Crippen LogP contribution in [0.1, 0.15) is 48.5 Å². The summed E-state index contributed by atoms with van der Waals surface area (Å²) in [6.07, 6.45) is -0.545. The zero-order chi connectivity index (χ0) is 17.6. The van der Waals surface area contributed by atoms with E-state index in [0.29, 0.717) is 5.92 Å². The highest BCUT2D eigenvalue weighted by Crippen LogP contribution is 2.45. The van der Waals surface area contributed by atoms with Crippen molar-refractivity contribution in [1.29, 1.82) is 0 Å². The second-order valence-electron chi connectivity index (χ2n) is 6.97. The van der Waals surface area contributed by atoms with Gasteiger partial charge in [0.2, 0.25) is 0 Å². The summed E-state index contributed by atoms with van der Waals surface area (Å²) in [5.74, 6) is 0.649. The van der Waals surface area contributed by atoms with Crippen molar-refractivity contribution in [1.82, 2.24) is 0 Å². The Morgan fingerprint density at radius 1 is 0.520 bits per heavy atom. The van der Waals surface area contributed by atoms with Gasteiger partial charge in [-0.3, -0.25) is 0 Å². The van der Waals surface area contributed by atoms with Crippen LogP contribution in [0.2, 0.25) is 0 Å². The monoisotopic (exact) mass is 330 g/mol. The molecule has 0 aliphatic rings. The molecule has 0 bridgehead atoms. The molecule has 0 saturated carbocycles.